The van der Waals surface area contributed by atoms with Crippen LogP contribution in [0.4, 0.5) is 0 Å². The molecule has 2 aromatic heterocycles. The van der Waals surface area contributed by atoms with Crippen molar-refractivity contribution in [1.82, 2.24) is 9.97 Å². The predicted molar refractivity (Wildman–Crippen MR) is 128 cm³/mol. The molecule has 0 amide bonds. The van der Waals surface area contributed by atoms with Crippen molar-refractivity contribution in [3.8, 4) is 0 Å². The maximum Gasteiger partial charge on any atom is 0.159 e. The molecule has 0 N–H and O–H groups in total. The second-order valence-corrected chi connectivity index (χ2v) is 10.8. The normalized spacial score (nSPS) is 11.1. The quantitative estimate of drug-likeness (QED) is 0.391. The number of hydrogen-bond donors (Lipinski definition) is 0. The Hall–Kier alpha value is -3.06. The number of pyridine rings is 2. The van der Waals surface area contributed by atoms with E-state index in [1.54, 1.807) is 0 Å². The molecule has 0 fully saturated rings. The van der Waals surface area contributed by atoms with Gasteiger partial charge in [-0.25, -0.2) is 9.97 Å². The first kappa shape index (κ1) is 21.2. The Labute approximate surface area is 189 Å². The van der Waals surface area contributed by atoms with Crippen LogP contribution in [-0.4, -0.2) is 9.97 Å². The minimum absolute atomic E-state index is 0. The molecule has 0 unspecified atom stereocenters. The fourth-order valence-corrected chi connectivity index (χ4v) is 8.24. The summed E-state index contributed by atoms with van der Waals surface area (Å²) < 4.78 is 0. The van der Waals surface area contributed by atoms with E-state index in [2.05, 4.69) is 114 Å². The lowest BCUT2D eigenvalue weighted by atomic mass is 10.3. The molecule has 31 heavy (non-hydrogen) atoms. The molecule has 0 spiro atoms. The smallest absolute Gasteiger partial charge is 0.159 e. The Kier molecular flexibility index (Phi) is 6.42. The van der Waals surface area contributed by atoms with Gasteiger partial charge in [-0.15, -0.1) is 0 Å². The van der Waals surface area contributed by atoms with E-state index in [0.717, 1.165) is 22.9 Å². The van der Waals surface area contributed by atoms with Gasteiger partial charge in [0.2, 0.25) is 0 Å². The summed E-state index contributed by atoms with van der Waals surface area (Å²) in [5, 5.41) is 5.17. The van der Waals surface area contributed by atoms with E-state index >= 15 is 0 Å². The average Bonchev–Trinajstić information content (AvgIpc) is 2.84. The number of rotatable bonds is 5. The first-order valence-corrected chi connectivity index (χ1v) is 12.1. The van der Waals surface area contributed by atoms with Crippen LogP contribution in [0.5, 0.6) is 0 Å². The lowest BCUT2D eigenvalue weighted by Gasteiger charge is -2.27. The maximum atomic E-state index is 4.95. The topological polar surface area (TPSA) is 25.8 Å². The molecule has 2 nitrogen and oxygen atoms in total. The highest BCUT2D eigenvalue weighted by molar-refractivity contribution is 7.95. The molecule has 5 aromatic rings. The zero-order valence-corrected chi connectivity index (χ0v) is 18.6. The fraction of sp³-hybridized carbons (Fsp3) is 0.0370. The molecule has 0 radical (unpaired) electrons. The monoisotopic (exact) mass is 440 g/mol. The minimum Gasteiger partial charge on any atom is -1.00 e. The summed E-state index contributed by atoms with van der Waals surface area (Å²) in [4.78, 5) is 9.44. The highest BCUT2D eigenvalue weighted by Crippen LogP contribution is 2.57. The van der Waals surface area contributed by atoms with Gasteiger partial charge in [-0.2, -0.15) is 0 Å². The van der Waals surface area contributed by atoms with Gasteiger partial charge in [-0.3, -0.25) is 0 Å². The van der Waals surface area contributed by atoms with E-state index in [1.165, 1.54) is 15.9 Å². The molecule has 0 saturated carbocycles. The summed E-state index contributed by atoms with van der Waals surface area (Å²) in [6.45, 7) is 0. The number of hydrogen-bond acceptors (Lipinski definition) is 2. The van der Waals surface area contributed by atoms with E-state index < -0.39 is 7.26 Å². The fourth-order valence-electron chi connectivity index (χ4n) is 4.09. The Morgan fingerprint density at radius 3 is 1.58 bits per heavy atom. The van der Waals surface area contributed by atoms with Crippen LogP contribution in [0.2, 0.25) is 0 Å². The maximum absolute atomic E-state index is 4.95. The summed E-state index contributed by atoms with van der Waals surface area (Å²) >= 11 is 0. The first-order chi connectivity index (χ1) is 14.9. The van der Waals surface area contributed by atoms with Crippen LogP contribution in [0.25, 0.3) is 11.0 Å². The minimum atomic E-state index is -1.94. The van der Waals surface area contributed by atoms with Gasteiger partial charge in [0.25, 0.3) is 0 Å². The standard InChI is InChI=1S/C27H22N2P.ClH/c1-4-12-24(13-5-1)30(25-14-6-2-7-15-25,26-16-8-3-9-17-26)21-23-19-18-22-11-10-20-28-27(22)29-23;/h1-20H,21H2;1H/q+1;/p-1. The van der Waals surface area contributed by atoms with Gasteiger partial charge < -0.3 is 12.4 Å². The average molecular weight is 441 g/mol. The molecule has 152 valence electrons. The van der Waals surface area contributed by atoms with E-state index in [-0.39, 0.29) is 12.4 Å². The number of fused-ring (bicyclic) bond motifs is 1. The molecular weight excluding hydrogens is 419 g/mol. The summed E-state index contributed by atoms with van der Waals surface area (Å²) in [7, 11) is -1.94. The van der Waals surface area contributed by atoms with Crippen molar-refractivity contribution in [2.24, 2.45) is 0 Å². The molecule has 0 aliphatic heterocycles. The largest absolute Gasteiger partial charge is 1.00 e. The number of halogens is 1. The Morgan fingerprint density at radius 1 is 0.548 bits per heavy atom. The van der Waals surface area contributed by atoms with Gasteiger partial charge in [0, 0.05) is 11.6 Å². The molecule has 0 aliphatic rings. The Balaban J connectivity index is 0.00000231. The summed E-state index contributed by atoms with van der Waals surface area (Å²) in [6.07, 6.45) is 2.67. The van der Waals surface area contributed by atoms with Crippen LogP contribution in [0.15, 0.2) is 121 Å². The first-order valence-electron chi connectivity index (χ1n) is 10.1. The Bertz CT molecular complexity index is 1170. The molecule has 0 atom stereocenters. The van der Waals surface area contributed by atoms with E-state index in [9.17, 15) is 0 Å². The van der Waals surface area contributed by atoms with Gasteiger partial charge in [-0.05, 0) is 60.7 Å². The van der Waals surface area contributed by atoms with Crippen molar-refractivity contribution in [1.29, 1.82) is 0 Å². The second kappa shape index (κ2) is 9.39. The molecule has 0 saturated heterocycles. The lowest BCUT2D eigenvalue weighted by Crippen LogP contribution is -3.00. The summed E-state index contributed by atoms with van der Waals surface area (Å²) in [5.74, 6) is 0. The van der Waals surface area contributed by atoms with Crippen molar-refractivity contribution >= 4 is 34.2 Å². The highest BCUT2D eigenvalue weighted by atomic mass is 35.5. The van der Waals surface area contributed by atoms with Gasteiger partial charge in [0.05, 0.1) is 5.69 Å². The molecular formula is C27H22ClN2P. The molecule has 0 bridgehead atoms. The van der Waals surface area contributed by atoms with Gasteiger partial charge in [-0.1, -0.05) is 54.6 Å². The SMILES string of the molecule is [Cl-].c1ccc([P+](Cc2ccc3cccnc3n2)(c2ccccc2)c2ccccc2)cc1. The Morgan fingerprint density at radius 2 is 1.06 bits per heavy atom. The van der Waals surface area contributed by atoms with Crippen LogP contribution in [0.3, 0.4) is 0 Å². The molecule has 5 rings (SSSR count). The van der Waals surface area contributed by atoms with Gasteiger partial charge >= 0.3 is 0 Å². The third-order valence-electron chi connectivity index (χ3n) is 5.51. The number of aromatic nitrogens is 2. The van der Waals surface area contributed by atoms with Crippen LogP contribution < -0.4 is 28.3 Å². The van der Waals surface area contributed by atoms with Gasteiger partial charge in [0.1, 0.15) is 29.3 Å². The second-order valence-electron chi connectivity index (χ2n) is 7.33. The van der Waals surface area contributed by atoms with Crippen LogP contribution in [0.1, 0.15) is 5.69 Å². The van der Waals surface area contributed by atoms with Crippen molar-refractivity contribution in [3.05, 3.63) is 127 Å². The van der Waals surface area contributed by atoms with Crippen molar-refractivity contribution in [2.75, 3.05) is 0 Å². The summed E-state index contributed by atoms with van der Waals surface area (Å²) in [5.41, 5.74) is 1.88. The molecule has 3 aromatic carbocycles. The zero-order chi connectivity index (χ0) is 20.2. The van der Waals surface area contributed by atoms with Crippen LogP contribution in [0, 0.1) is 0 Å². The van der Waals surface area contributed by atoms with E-state index in [4.69, 9.17) is 4.98 Å². The van der Waals surface area contributed by atoms with E-state index in [0.29, 0.717) is 0 Å². The lowest BCUT2D eigenvalue weighted by molar-refractivity contribution is -0.00000595. The van der Waals surface area contributed by atoms with Crippen LogP contribution in [-0.2, 0) is 6.16 Å². The summed E-state index contributed by atoms with van der Waals surface area (Å²) in [6, 6.07) is 41.1. The van der Waals surface area contributed by atoms with Crippen LogP contribution >= 0.6 is 7.26 Å². The molecule has 2 heterocycles. The van der Waals surface area contributed by atoms with Gasteiger partial charge in [0.15, 0.2) is 5.65 Å². The zero-order valence-electron chi connectivity index (χ0n) is 17.0. The van der Waals surface area contributed by atoms with Crippen molar-refractivity contribution < 1.29 is 12.4 Å². The number of nitrogens with zero attached hydrogens (tertiary/aromatic N) is 2. The number of benzene rings is 3. The molecule has 0 aliphatic carbocycles. The van der Waals surface area contributed by atoms with Crippen molar-refractivity contribution in [2.45, 2.75) is 6.16 Å². The van der Waals surface area contributed by atoms with Crippen molar-refractivity contribution in [3.63, 3.8) is 0 Å². The molecule has 4 heteroatoms. The third kappa shape index (κ3) is 4.10. The highest BCUT2D eigenvalue weighted by Gasteiger charge is 2.45. The van der Waals surface area contributed by atoms with E-state index in [1.807, 2.05) is 12.3 Å². The third-order valence-corrected chi connectivity index (χ3v) is 9.85. The predicted octanol–water partition coefficient (Wildman–Crippen LogP) is 2.13.